The van der Waals surface area contributed by atoms with Crippen LogP contribution in [0.3, 0.4) is 0 Å². The molecule has 4 heteroatoms. The highest BCUT2D eigenvalue weighted by atomic mass is 16.5. The van der Waals surface area contributed by atoms with Crippen molar-refractivity contribution in [3.8, 4) is 33.9 Å². The summed E-state index contributed by atoms with van der Waals surface area (Å²) in [6, 6.07) is 35.1. The number of para-hydroxylation sites is 1. The van der Waals surface area contributed by atoms with Crippen LogP contribution in [-0.2, 0) is 0 Å². The number of nitrogens with zero attached hydrogens (tertiary/aromatic N) is 1. The molecular weight excluding hydrogens is 432 g/mol. The van der Waals surface area contributed by atoms with Crippen LogP contribution in [0.1, 0.15) is 30.0 Å². The van der Waals surface area contributed by atoms with Gasteiger partial charge in [-0.3, -0.25) is 0 Å². The monoisotopic (exact) mass is 458 g/mol. The zero-order chi connectivity index (χ0) is 23.6. The van der Waals surface area contributed by atoms with Gasteiger partial charge < -0.3 is 14.6 Å². The SMILES string of the molecule is Cc1noc(-c2ccc(-c3ccc(C4CC4)cc3)cc2)c1Nc1cccc(Oc2ccccc2)c1. The molecule has 0 saturated heterocycles. The molecule has 172 valence electrons. The topological polar surface area (TPSA) is 47.3 Å². The fourth-order valence-electron chi connectivity index (χ4n) is 4.30. The molecule has 0 amide bonds. The summed E-state index contributed by atoms with van der Waals surface area (Å²) in [5.74, 6) is 3.05. The number of nitrogens with one attached hydrogen (secondary N) is 1. The molecule has 4 nitrogen and oxygen atoms in total. The lowest BCUT2D eigenvalue weighted by atomic mass is 10.0. The standard InChI is InChI=1S/C31H26N2O2/c1-21-30(32-27-6-5-9-29(20-27)34-28-7-3-2-4-8-28)31(35-33-21)26-18-16-25(17-19-26)24-14-12-23(13-15-24)22-10-11-22/h2-9,12-20,22,32H,10-11H2,1H3. The average molecular weight is 459 g/mol. The van der Waals surface area contributed by atoms with Crippen molar-refractivity contribution in [1.29, 1.82) is 0 Å². The summed E-state index contributed by atoms with van der Waals surface area (Å²) < 4.78 is 11.7. The second-order valence-corrected chi connectivity index (χ2v) is 9.01. The largest absolute Gasteiger partial charge is 0.457 e. The van der Waals surface area contributed by atoms with Crippen molar-refractivity contribution in [2.75, 3.05) is 5.32 Å². The van der Waals surface area contributed by atoms with Crippen molar-refractivity contribution in [1.82, 2.24) is 5.16 Å². The first-order valence-electron chi connectivity index (χ1n) is 12.0. The van der Waals surface area contributed by atoms with Crippen molar-refractivity contribution in [3.05, 3.63) is 114 Å². The Morgan fingerprint density at radius 2 is 1.40 bits per heavy atom. The Labute approximate surface area is 205 Å². The Bertz CT molecular complexity index is 1430. The Kier molecular flexibility index (Phi) is 5.55. The summed E-state index contributed by atoms with van der Waals surface area (Å²) >= 11 is 0. The first kappa shape index (κ1) is 21.2. The fraction of sp³-hybridized carbons (Fsp3) is 0.129. The lowest BCUT2D eigenvalue weighted by molar-refractivity contribution is 0.427. The van der Waals surface area contributed by atoms with Gasteiger partial charge >= 0.3 is 0 Å². The third-order valence-corrected chi connectivity index (χ3v) is 6.38. The number of aromatic nitrogens is 1. The molecule has 1 N–H and O–H groups in total. The van der Waals surface area contributed by atoms with Crippen LogP contribution in [0.5, 0.6) is 11.5 Å². The van der Waals surface area contributed by atoms with Gasteiger partial charge in [0.1, 0.15) is 22.9 Å². The summed E-state index contributed by atoms with van der Waals surface area (Å²) in [6.45, 7) is 1.94. The van der Waals surface area contributed by atoms with Crippen LogP contribution < -0.4 is 10.1 Å². The first-order chi connectivity index (χ1) is 17.2. The number of hydrogen-bond donors (Lipinski definition) is 1. The van der Waals surface area contributed by atoms with Crippen LogP contribution in [0.15, 0.2) is 108 Å². The number of anilines is 2. The van der Waals surface area contributed by atoms with Crippen molar-refractivity contribution in [3.63, 3.8) is 0 Å². The molecular formula is C31H26N2O2. The molecule has 5 aromatic rings. The number of ether oxygens (including phenoxy) is 1. The molecule has 1 aliphatic carbocycles. The minimum atomic E-state index is 0.715. The quantitative estimate of drug-likeness (QED) is 0.265. The van der Waals surface area contributed by atoms with Crippen LogP contribution in [0, 0.1) is 6.92 Å². The minimum Gasteiger partial charge on any atom is -0.457 e. The van der Waals surface area contributed by atoms with E-state index in [1.807, 2.05) is 61.5 Å². The van der Waals surface area contributed by atoms with E-state index in [1.165, 1.54) is 29.5 Å². The number of aryl methyl sites for hydroxylation is 1. The maximum Gasteiger partial charge on any atom is 0.190 e. The van der Waals surface area contributed by atoms with Gasteiger partial charge in [0.05, 0.1) is 0 Å². The maximum atomic E-state index is 5.98. The number of benzene rings is 4. The lowest BCUT2D eigenvalue weighted by Crippen LogP contribution is -1.94. The number of hydrogen-bond acceptors (Lipinski definition) is 4. The van der Waals surface area contributed by atoms with E-state index in [0.29, 0.717) is 5.76 Å². The second kappa shape index (κ2) is 9.15. The van der Waals surface area contributed by atoms with Gasteiger partial charge in [-0.05, 0) is 66.6 Å². The van der Waals surface area contributed by atoms with Crippen LogP contribution >= 0.6 is 0 Å². The molecule has 1 fully saturated rings. The Morgan fingerprint density at radius 3 is 2.11 bits per heavy atom. The van der Waals surface area contributed by atoms with Crippen molar-refractivity contribution >= 4 is 11.4 Å². The van der Waals surface area contributed by atoms with Crippen LogP contribution in [0.4, 0.5) is 11.4 Å². The second-order valence-electron chi connectivity index (χ2n) is 9.01. The molecule has 6 rings (SSSR count). The predicted octanol–water partition coefficient (Wildman–Crippen LogP) is 8.73. The van der Waals surface area contributed by atoms with E-state index in [9.17, 15) is 0 Å². The summed E-state index contributed by atoms with van der Waals surface area (Å²) in [6.07, 6.45) is 2.65. The molecule has 0 bridgehead atoms. The molecule has 0 spiro atoms. The van der Waals surface area contributed by atoms with E-state index >= 15 is 0 Å². The maximum absolute atomic E-state index is 5.98. The zero-order valence-corrected chi connectivity index (χ0v) is 19.6. The molecule has 1 saturated carbocycles. The third-order valence-electron chi connectivity index (χ3n) is 6.38. The number of rotatable bonds is 7. The summed E-state index contributed by atoms with van der Waals surface area (Å²) in [4.78, 5) is 0. The van der Waals surface area contributed by atoms with Gasteiger partial charge in [-0.2, -0.15) is 0 Å². The summed E-state index contributed by atoms with van der Waals surface area (Å²) in [5.41, 5.74) is 7.39. The van der Waals surface area contributed by atoms with Crippen molar-refractivity contribution < 1.29 is 9.26 Å². The molecule has 0 atom stereocenters. The van der Waals surface area contributed by atoms with E-state index in [2.05, 4.69) is 59.0 Å². The molecule has 0 aliphatic heterocycles. The zero-order valence-electron chi connectivity index (χ0n) is 19.6. The molecule has 0 unspecified atom stereocenters. The minimum absolute atomic E-state index is 0.715. The van der Waals surface area contributed by atoms with E-state index in [-0.39, 0.29) is 0 Å². The van der Waals surface area contributed by atoms with Gasteiger partial charge in [-0.1, -0.05) is 78.0 Å². The summed E-state index contributed by atoms with van der Waals surface area (Å²) in [7, 11) is 0. The van der Waals surface area contributed by atoms with E-state index in [1.54, 1.807) is 0 Å². The van der Waals surface area contributed by atoms with Crippen LogP contribution in [-0.4, -0.2) is 5.16 Å². The predicted molar refractivity (Wildman–Crippen MR) is 140 cm³/mol. The Hall–Kier alpha value is -4.31. The molecule has 1 aromatic heterocycles. The molecule has 1 heterocycles. The van der Waals surface area contributed by atoms with E-state index < -0.39 is 0 Å². The average Bonchev–Trinajstić information content (AvgIpc) is 3.69. The third kappa shape index (κ3) is 4.69. The van der Waals surface area contributed by atoms with Gasteiger partial charge in [-0.25, -0.2) is 0 Å². The van der Waals surface area contributed by atoms with Crippen LogP contribution in [0.2, 0.25) is 0 Å². The normalized spacial score (nSPS) is 12.9. The smallest absolute Gasteiger partial charge is 0.190 e. The van der Waals surface area contributed by atoms with E-state index in [0.717, 1.165) is 40.0 Å². The van der Waals surface area contributed by atoms with Gasteiger partial charge in [0.15, 0.2) is 5.76 Å². The van der Waals surface area contributed by atoms with E-state index in [4.69, 9.17) is 9.26 Å². The van der Waals surface area contributed by atoms with Crippen LogP contribution in [0.25, 0.3) is 22.5 Å². The van der Waals surface area contributed by atoms with Crippen molar-refractivity contribution in [2.45, 2.75) is 25.7 Å². The van der Waals surface area contributed by atoms with Gasteiger partial charge in [0.2, 0.25) is 0 Å². The first-order valence-corrected chi connectivity index (χ1v) is 12.0. The fourth-order valence-corrected chi connectivity index (χ4v) is 4.30. The highest BCUT2D eigenvalue weighted by Gasteiger charge is 2.23. The Morgan fingerprint density at radius 1 is 0.743 bits per heavy atom. The van der Waals surface area contributed by atoms with Crippen molar-refractivity contribution in [2.24, 2.45) is 0 Å². The van der Waals surface area contributed by atoms with Gasteiger partial charge in [-0.15, -0.1) is 0 Å². The highest BCUT2D eigenvalue weighted by molar-refractivity contribution is 5.80. The molecule has 1 aliphatic rings. The van der Waals surface area contributed by atoms with Gasteiger partial charge in [0, 0.05) is 17.3 Å². The summed E-state index contributed by atoms with van der Waals surface area (Å²) in [5, 5.41) is 7.70. The highest BCUT2D eigenvalue weighted by Crippen LogP contribution is 2.41. The molecule has 35 heavy (non-hydrogen) atoms. The molecule has 4 aromatic carbocycles. The molecule has 0 radical (unpaired) electrons. The Balaban J connectivity index is 1.22. The lowest BCUT2D eigenvalue weighted by Gasteiger charge is -2.10. The van der Waals surface area contributed by atoms with Gasteiger partial charge in [0.25, 0.3) is 0 Å².